The SMILES string of the molecule is CC1(C)c2ccccc2-c2ccc(N(c3ccc(-c4ccccc4)cc3)c3ccc(-c4ccc5c(c4)N4c6c(cccc6C5(C)C)Oc5ccc6ccccc6c54)cc3)cc21. The number of fused-ring (bicyclic) bond motifs is 9. The first-order chi connectivity index (χ1) is 29.8. The number of hydrogen-bond acceptors (Lipinski definition) is 3. The number of para-hydroxylation sites is 1. The van der Waals surface area contributed by atoms with Crippen LogP contribution in [0.2, 0.25) is 0 Å². The Balaban J connectivity index is 0.976. The third-order valence-corrected chi connectivity index (χ3v) is 13.6. The Labute approximate surface area is 357 Å². The molecule has 292 valence electrons. The van der Waals surface area contributed by atoms with E-state index in [4.69, 9.17) is 4.74 Å². The van der Waals surface area contributed by atoms with Crippen molar-refractivity contribution in [3.8, 4) is 44.9 Å². The van der Waals surface area contributed by atoms with E-state index >= 15 is 0 Å². The summed E-state index contributed by atoms with van der Waals surface area (Å²) in [5, 5.41) is 2.37. The van der Waals surface area contributed by atoms with Crippen LogP contribution in [0.1, 0.15) is 49.9 Å². The van der Waals surface area contributed by atoms with E-state index < -0.39 is 0 Å². The minimum Gasteiger partial charge on any atom is -0.453 e. The molecule has 2 aliphatic heterocycles. The maximum absolute atomic E-state index is 6.70. The van der Waals surface area contributed by atoms with E-state index in [1.807, 2.05) is 0 Å². The zero-order chi connectivity index (χ0) is 41.0. The van der Waals surface area contributed by atoms with Crippen LogP contribution in [0.3, 0.4) is 0 Å². The molecule has 3 aliphatic rings. The van der Waals surface area contributed by atoms with Crippen LogP contribution in [0.4, 0.5) is 34.1 Å². The molecule has 0 bridgehead atoms. The smallest absolute Gasteiger partial charge is 0.152 e. The maximum atomic E-state index is 6.70. The van der Waals surface area contributed by atoms with E-state index in [0.717, 1.165) is 39.9 Å². The normalized spacial score (nSPS) is 14.6. The molecular weight excluding hydrogens is 741 g/mol. The minimum atomic E-state index is -0.229. The molecule has 0 N–H and O–H groups in total. The second-order valence-corrected chi connectivity index (χ2v) is 17.8. The summed E-state index contributed by atoms with van der Waals surface area (Å²) in [6, 6.07) is 71.1. The lowest BCUT2D eigenvalue weighted by Crippen LogP contribution is -2.32. The summed E-state index contributed by atoms with van der Waals surface area (Å²) in [6.45, 7) is 9.38. The van der Waals surface area contributed by atoms with Gasteiger partial charge < -0.3 is 14.5 Å². The Kier molecular flexibility index (Phi) is 7.62. The Morgan fingerprint density at radius 3 is 1.77 bits per heavy atom. The van der Waals surface area contributed by atoms with Crippen molar-refractivity contribution >= 4 is 44.9 Å². The molecule has 0 unspecified atom stereocenters. The lowest BCUT2D eigenvalue weighted by molar-refractivity contribution is 0.472. The first-order valence-corrected chi connectivity index (χ1v) is 21.3. The van der Waals surface area contributed by atoms with Gasteiger partial charge in [0.15, 0.2) is 11.5 Å². The van der Waals surface area contributed by atoms with Crippen LogP contribution in [0, 0.1) is 0 Å². The number of benzene rings is 9. The first kappa shape index (κ1) is 35.6. The van der Waals surface area contributed by atoms with Gasteiger partial charge in [-0.1, -0.05) is 167 Å². The Hall–Kier alpha value is -7.36. The number of anilines is 6. The molecule has 0 fully saturated rings. The maximum Gasteiger partial charge on any atom is 0.152 e. The predicted molar refractivity (Wildman–Crippen MR) is 254 cm³/mol. The molecule has 1 aliphatic carbocycles. The summed E-state index contributed by atoms with van der Waals surface area (Å²) in [5.74, 6) is 1.77. The fourth-order valence-electron chi connectivity index (χ4n) is 10.4. The molecule has 61 heavy (non-hydrogen) atoms. The third kappa shape index (κ3) is 5.30. The van der Waals surface area contributed by atoms with Gasteiger partial charge in [-0.15, -0.1) is 0 Å². The van der Waals surface area contributed by atoms with Gasteiger partial charge in [0.1, 0.15) is 0 Å². The van der Waals surface area contributed by atoms with Crippen molar-refractivity contribution in [1.29, 1.82) is 0 Å². The van der Waals surface area contributed by atoms with Crippen molar-refractivity contribution in [3.63, 3.8) is 0 Å². The van der Waals surface area contributed by atoms with Crippen LogP contribution in [-0.4, -0.2) is 0 Å². The molecule has 0 saturated heterocycles. The zero-order valence-electron chi connectivity index (χ0n) is 34.8. The van der Waals surface area contributed by atoms with Crippen molar-refractivity contribution in [3.05, 3.63) is 216 Å². The summed E-state index contributed by atoms with van der Waals surface area (Å²) in [6.07, 6.45) is 0. The second-order valence-electron chi connectivity index (χ2n) is 17.8. The molecule has 0 aromatic heterocycles. The molecule has 0 atom stereocenters. The molecule has 3 nitrogen and oxygen atoms in total. The van der Waals surface area contributed by atoms with Gasteiger partial charge in [0, 0.05) is 33.3 Å². The highest BCUT2D eigenvalue weighted by atomic mass is 16.5. The van der Waals surface area contributed by atoms with Crippen LogP contribution in [0.25, 0.3) is 44.2 Å². The van der Waals surface area contributed by atoms with E-state index in [9.17, 15) is 0 Å². The highest BCUT2D eigenvalue weighted by Crippen LogP contribution is 2.61. The van der Waals surface area contributed by atoms with E-state index in [1.54, 1.807) is 0 Å². The van der Waals surface area contributed by atoms with Gasteiger partial charge in [0.05, 0.1) is 17.1 Å². The van der Waals surface area contributed by atoms with Crippen LogP contribution in [0.5, 0.6) is 11.5 Å². The molecular formula is C58H44N2O. The molecule has 0 radical (unpaired) electrons. The Bertz CT molecular complexity index is 3220. The summed E-state index contributed by atoms with van der Waals surface area (Å²) < 4.78 is 6.70. The lowest BCUT2D eigenvalue weighted by atomic mass is 9.72. The number of ether oxygens (including phenoxy) is 1. The Morgan fingerprint density at radius 2 is 0.984 bits per heavy atom. The summed E-state index contributed by atoms with van der Waals surface area (Å²) >= 11 is 0. The van der Waals surface area contributed by atoms with Gasteiger partial charge in [-0.25, -0.2) is 0 Å². The molecule has 9 aromatic rings. The number of nitrogens with zero attached hydrogens (tertiary/aromatic N) is 2. The lowest BCUT2D eigenvalue weighted by Gasteiger charge is -2.45. The zero-order valence-corrected chi connectivity index (χ0v) is 34.8. The fourth-order valence-corrected chi connectivity index (χ4v) is 10.4. The largest absolute Gasteiger partial charge is 0.453 e. The van der Waals surface area contributed by atoms with Gasteiger partial charge in [-0.3, -0.25) is 0 Å². The van der Waals surface area contributed by atoms with Crippen LogP contribution in [-0.2, 0) is 10.8 Å². The van der Waals surface area contributed by atoms with Crippen LogP contribution in [0.15, 0.2) is 194 Å². The highest BCUT2D eigenvalue weighted by Gasteiger charge is 2.42. The third-order valence-electron chi connectivity index (χ3n) is 13.6. The van der Waals surface area contributed by atoms with Gasteiger partial charge in [0.25, 0.3) is 0 Å². The average Bonchev–Trinajstić information content (AvgIpc) is 3.53. The van der Waals surface area contributed by atoms with E-state index in [-0.39, 0.29) is 10.8 Å². The highest BCUT2D eigenvalue weighted by molar-refractivity contribution is 6.06. The van der Waals surface area contributed by atoms with E-state index in [2.05, 4.69) is 232 Å². The standard InChI is InChI=1S/C58H44N2O/c1-57(2)48-18-11-10-17-46(48)47-32-31-44(36-51(47)57)59(42-27-21-38(22-28-42)37-13-6-5-7-14-37)43-29-23-39(24-30-43)41-25-33-49-52(35-41)60-55-45-16-9-8-15-40(45)26-34-54(55)61-53-20-12-19-50(56(53)60)58(49,3)4/h5-36H,1-4H3. The van der Waals surface area contributed by atoms with Gasteiger partial charge in [-0.2, -0.15) is 0 Å². The fraction of sp³-hybridized carbons (Fsp3) is 0.103. The van der Waals surface area contributed by atoms with Crippen molar-refractivity contribution < 1.29 is 4.74 Å². The van der Waals surface area contributed by atoms with Crippen molar-refractivity contribution in [2.45, 2.75) is 38.5 Å². The second kappa shape index (κ2) is 13.1. The predicted octanol–water partition coefficient (Wildman–Crippen LogP) is 16.2. The number of hydrogen-bond donors (Lipinski definition) is 0. The summed E-state index contributed by atoms with van der Waals surface area (Å²) in [5.41, 5.74) is 19.1. The first-order valence-electron chi connectivity index (χ1n) is 21.3. The van der Waals surface area contributed by atoms with Crippen LogP contribution >= 0.6 is 0 Å². The molecule has 2 heterocycles. The molecule has 0 amide bonds. The average molecular weight is 785 g/mol. The Morgan fingerprint density at radius 1 is 0.393 bits per heavy atom. The summed E-state index contributed by atoms with van der Waals surface area (Å²) in [4.78, 5) is 4.88. The quantitative estimate of drug-likeness (QED) is 0.173. The topological polar surface area (TPSA) is 15.7 Å². The van der Waals surface area contributed by atoms with Crippen molar-refractivity contribution in [2.24, 2.45) is 0 Å². The molecule has 12 rings (SSSR count). The van der Waals surface area contributed by atoms with Gasteiger partial charge in [0.2, 0.25) is 0 Å². The summed E-state index contributed by atoms with van der Waals surface area (Å²) in [7, 11) is 0. The molecule has 3 heteroatoms. The molecule has 9 aromatic carbocycles. The van der Waals surface area contributed by atoms with Gasteiger partial charge in [-0.05, 0) is 116 Å². The van der Waals surface area contributed by atoms with Crippen molar-refractivity contribution in [1.82, 2.24) is 0 Å². The minimum absolute atomic E-state index is 0.107. The molecule has 0 saturated carbocycles. The van der Waals surface area contributed by atoms with E-state index in [0.29, 0.717) is 0 Å². The van der Waals surface area contributed by atoms with E-state index in [1.165, 1.54) is 72.1 Å². The van der Waals surface area contributed by atoms with Crippen molar-refractivity contribution in [2.75, 3.05) is 9.80 Å². The van der Waals surface area contributed by atoms with Gasteiger partial charge >= 0.3 is 0 Å². The molecule has 0 spiro atoms. The number of rotatable bonds is 5. The monoisotopic (exact) mass is 784 g/mol. The van der Waals surface area contributed by atoms with Crippen LogP contribution < -0.4 is 14.5 Å².